The predicted molar refractivity (Wildman–Crippen MR) is 73.9 cm³/mol. The third-order valence-corrected chi connectivity index (χ3v) is 3.92. The number of nitrogens with zero attached hydrogens (tertiary/aromatic N) is 2. The summed E-state index contributed by atoms with van der Waals surface area (Å²) in [5, 5.41) is 4.36. The third kappa shape index (κ3) is 2.41. The SMILES string of the molecule is Cc1nn(C(C)Cc2ccccc2F)c(N)c1Br. The maximum Gasteiger partial charge on any atom is 0.136 e. The number of nitrogens with two attached hydrogens (primary N) is 1. The van der Waals surface area contributed by atoms with Crippen LogP contribution in [0.15, 0.2) is 28.7 Å². The number of anilines is 1. The van der Waals surface area contributed by atoms with Gasteiger partial charge in [-0.05, 0) is 47.8 Å². The molecule has 3 nitrogen and oxygen atoms in total. The Bertz CT molecular complexity index is 565. The number of hydrogen-bond acceptors (Lipinski definition) is 2. The van der Waals surface area contributed by atoms with Gasteiger partial charge in [0.05, 0.1) is 16.2 Å². The van der Waals surface area contributed by atoms with E-state index in [1.54, 1.807) is 16.8 Å². The van der Waals surface area contributed by atoms with Crippen molar-refractivity contribution in [3.8, 4) is 0 Å². The second-order valence-corrected chi connectivity index (χ2v) is 5.17. The molecule has 96 valence electrons. The number of rotatable bonds is 3. The maximum absolute atomic E-state index is 13.6. The summed E-state index contributed by atoms with van der Waals surface area (Å²) in [6.07, 6.45) is 0.560. The van der Waals surface area contributed by atoms with Crippen molar-refractivity contribution in [2.24, 2.45) is 0 Å². The van der Waals surface area contributed by atoms with E-state index in [1.807, 2.05) is 19.9 Å². The average molecular weight is 312 g/mol. The van der Waals surface area contributed by atoms with Crippen molar-refractivity contribution in [2.45, 2.75) is 26.3 Å². The van der Waals surface area contributed by atoms with Gasteiger partial charge in [0.15, 0.2) is 0 Å². The number of benzene rings is 1. The molecule has 18 heavy (non-hydrogen) atoms. The van der Waals surface area contributed by atoms with Crippen LogP contribution in [0.5, 0.6) is 0 Å². The molecule has 1 heterocycles. The van der Waals surface area contributed by atoms with E-state index < -0.39 is 0 Å². The van der Waals surface area contributed by atoms with Gasteiger partial charge in [-0.1, -0.05) is 18.2 Å². The van der Waals surface area contributed by atoms with Crippen molar-refractivity contribution in [3.63, 3.8) is 0 Å². The van der Waals surface area contributed by atoms with Crippen molar-refractivity contribution in [3.05, 3.63) is 45.8 Å². The third-order valence-electron chi connectivity index (χ3n) is 2.94. The Balaban J connectivity index is 2.25. The van der Waals surface area contributed by atoms with E-state index in [-0.39, 0.29) is 11.9 Å². The molecule has 5 heteroatoms. The van der Waals surface area contributed by atoms with Gasteiger partial charge < -0.3 is 5.73 Å². The molecule has 1 aromatic heterocycles. The Morgan fingerprint density at radius 1 is 1.44 bits per heavy atom. The van der Waals surface area contributed by atoms with Crippen LogP contribution in [0.3, 0.4) is 0 Å². The zero-order valence-electron chi connectivity index (χ0n) is 10.3. The molecule has 0 aliphatic rings. The van der Waals surface area contributed by atoms with Gasteiger partial charge in [-0.15, -0.1) is 0 Å². The van der Waals surface area contributed by atoms with Crippen LogP contribution in [0.25, 0.3) is 0 Å². The van der Waals surface area contributed by atoms with E-state index in [0.717, 1.165) is 10.2 Å². The van der Waals surface area contributed by atoms with E-state index in [4.69, 9.17) is 5.73 Å². The molecule has 0 spiro atoms. The van der Waals surface area contributed by atoms with E-state index in [9.17, 15) is 4.39 Å². The van der Waals surface area contributed by atoms with Crippen molar-refractivity contribution in [2.75, 3.05) is 5.73 Å². The van der Waals surface area contributed by atoms with E-state index >= 15 is 0 Å². The topological polar surface area (TPSA) is 43.8 Å². The van der Waals surface area contributed by atoms with Crippen LogP contribution in [-0.2, 0) is 6.42 Å². The summed E-state index contributed by atoms with van der Waals surface area (Å²) in [5.74, 6) is 0.391. The molecule has 0 saturated carbocycles. The molecular formula is C13H15BrFN3. The Kier molecular flexibility index (Phi) is 3.71. The molecule has 2 aromatic rings. The fourth-order valence-corrected chi connectivity index (χ4v) is 2.21. The molecule has 0 radical (unpaired) electrons. The highest BCUT2D eigenvalue weighted by Gasteiger charge is 2.16. The minimum Gasteiger partial charge on any atom is -0.383 e. The average Bonchev–Trinajstić information content (AvgIpc) is 2.60. The first-order valence-corrected chi connectivity index (χ1v) is 6.53. The molecule has 0 fully saturated rings. The summed E-state index contributed by atoms with van der Waals surface area (Å²) in [7, 11) is 0. The van der Waals surface area contributed by atoms with Crippen molar-refractivity contribution in [1.82, 2.24) is 9.78 Å². The zero-order chi connectivity index (χ0) is 13.3. The largest absolute Gasteiger partial charge is 0.383 e. The summed E-state index contributed by atoms with van der Waals surface area (Å²) in [6, 6.07) is 6.78. The Morgan fingerprint density at radius 2 is 2.11 bits per heavy atom. The Labute approximate surface area is 114 Å². The lowest BCUT2D eigenvalue weighted by Gasteiger charge is -2.14. The van der Waals surface area contributed by atoms with Gasteiger partial charge in [-0.2, -0.15) is 5.10 Å². The monoisotopic (exact) mass is 311 g/mol. The van der Waals surface area contributed by atoms with E-state index in [1.165, 1.54) is 6.07 Å². The number of nitrogen functional groups attached to an aromatic ring is 1. The van der Waals surface area contributed by atoms with Crippen LogP contribution in [-0.4, -0.2) is 9.78 Å². The molecule has 2 rings (SSSR count). The van der Waals surface area contributed by atoms with Crippen LogP contribution in [0.1, 0.15) is 24.2 Å². The van der Waals surface area contributed by atoms with Crippen LogP contribution < -0.4 is 5.73 Å². The minimum absolute atomic E-state index is 0.00639. The maximum atomic E-state index is 13.6. The van der Waals surface area contributed by atoms with Gasteiger partial charge in [-0.25, -0.2) is 9.07 Å². The van der Waals surface area contributed by atoms with Gasteiger partial charge >= 0.3 is 0 Å². The molecule has 1 aromatic carbocycles. The fourth-order valence-electron chi connectivity index (χ4n) is 1.95. The highest BCUT2D eigenvalue weighted by atomic mass is 79.9. The minimum atomic E-state index is -0.189. The highest BCUT2D eigenvalue weighted by Crippen LogP contribution is 2.27. The number of hydrogen-bond donors (Lipinski definition) is 1. The van der Waals surface area contributed by atoms with Gasteiger partial charge in [0.2, 0.25) is 0 Å². The summed E-state index contributed by atoms with van der Waals surface area (Å²) in [4.78, 5) is 0. The van der Waals surface area contributed by atoms with Crippen molar-refractivity contribution < 1.29 is 4.39 Å². The molecule has 0 bridgehead atoms. The zero-order valence-corrected chi connectivity index (χ0v) is 11.9. The summed E-state index contributed by atoms with van der Waals surface area (Å²) in [5.41, 5.74) is 7.47. The predicted octanol–water partition coefficient (Wildman–Crippen LogP) is 3.48. The molecule has 0 aliphatic heterocycles. The van der Waals surface area contributed by atoms with Crippen LogP contribution in [0, 0.1) is 12.7 Å². The molecule has 1 unspecified atom stereocenters. The lowest BCUT2D eigenvalue weighted by molar-refractivity contribution is 0.481. The van der Waals surface area contributed by atoms with Crippen molar-refractivity contribution in [1.29, 1.82) is 0 Å². The smallest absolute Gasteiger partial charge is 0.136 e. The highest BCUT2D eigenvalue weighted by molar-refractivity contribution is 9.10. The summed E-state index contributed by atoms with van der Waals surface area (Å²) >= 11 is 3.39. The van der Waals surface area contributed by atoms with Crippen LogP contribution in [0.4, 0.5) is 10.2 Å². The molecule has 2 N–H and O–H groups in total. The lowest BCUT2D eigenvalue weighted by Crippen LogP contribution is -2.13. The first-order valence-electron chi connectivity index (χ1n) is 5.74. The van der Waals surface area contributed by atoms with Gasteiger partial charge in [0, 0.05) is 0 Å². The Hall–Kier alpha value is -1.36. The molecule has 1 atom stereocenters. The Morgan fingerprint density at radius 3 is 2.67 bits per heavy atom. The number of aryl methyl sites for hydroxylation is 1. The van der Waals surface area contributed by atoms with E-state index in [0.29, 0.717) is 17.8 Å². The molecule has 0 aliphatic carbocycles. The first-order chi connectivity index (χ1) is 8.50. The quantitative estimate of drug-likeness (QED) is 0.943. The summed E-state index contributed by atoms with van der Waals surface area (Å²) in [6.45, 7) is 3.86. The fraction of sp³-hybridized carbons (Fsp3) is 0.308. The van der Waals surface area contributed by atoms with Crippen LogP contribution >= 0.6 is 15.9 Å². The normalized spacial score (nSPS) is 12.7. The number of aromatic nitrogens is 2. The van der Waals surface area contributed by atoms with Gasteiger partial charge in [-0.3, -0.25) is 0 Å². The second-order valence-electron chi connectivity index (χ2n) is 4.37. The molecular weight excluding hydrogens is 297 g/mol. The van der Waals surface area contributed by atoms with Gasteiger partial charge in [0.25, 0.3) is 0 Å². The van der Waals surface area contributed by atoms with Crippen molar-refractivity contribution >= 4 is 21.7 Å². The number of halogens is 2. The standard InChI is InChI=1S/C13H15BrFN3/c1-8(7-10-5-3-4-6-11(10)15)18-13(16)12(14)9(2)17-18/h3-6,8H,7,16H2,1-2H3. The van der Waals surface area contributed by atoms with E-state index in [2.05, 4.69) is 21.0 Å². The lowest BCUT2D eigenvalue weighted by atomic mass is 10.1. The summed E-state index contributed by atoms with van der Waals surface area (Å²) < 4.78 is 16.1. The molecule has 0 saturated heterocycles. The van der Waals surface area contributed by atoms with Gasteiger partial charge in [0.1, 0.15) is 11.6 Å². The van der Waals surface area contributed by atoms with Crippen LogP contribution in [0.2, 0.25) is 0 Å². The second kappa shape index (κ2) is 5.10. The first kappa shape index (κ1) is 13.1. The molecule has 0 amide bonds.